The maximum absolute atomic E-state index is 14.1. The van der Waals surface area contributed by atoms with Crippen molar-refractivity contribution in [2.75, 3.05) is 14.1 Å². The minimum atomic E-state index is -2.48. The van der Waals surface area contributed by atoms with Gasteiger partial charge in [-0.15, -0.1) is 0 Å². The van der Waals surface area contributed by atoms with E-state index in [1.54, 1.807) is 51.0 Å². The maximum atomic E-state index is 14.1. The molecule has 7 heteroatoms. The Labute approximate surface area is 167 Å². The molecule has 0 heterocycles. The van der Waals surface area contributed by atoms with E-state index in [0.29, 0.717) is 28.8 Å². The quantitative estimate of drug-likeness (QED) is 0.380. The lowest BCUT2D eigenvalue weighted by atomic mass is 9.83. The monoisotopic (exact) mass is 410 g/mol. The minimum Gasteiger partial charge on any atom is -0.367 e. The summed E-state index contributed by atoms with van der Waals surface area (Å²) in [5.41, 5.74) is 0.220. The van der Waals surface area contributed by atoms with E-state index < -0.39 is 17.8 Å². The smallest absolute Gasteiger partial charge is 0.242 e. The van der Waals surface area contributed by atoms with E-state index in [-0.39, 0.29) is 17.0 Å². The number of nitrogens with zero attached hydrogens (tertiary/aromatic N) is 2. The fourth-order valence-corrected chi connectivity index (χ4v) is 3.14. The number of aldehydes is 1. The predicted molar refractivity (Wildman–Crippen MR) is 106 cm³/mol. The van der Waals surface area contributed by atoms with Crippen LogP contribution in [0.15, 0.2) is 41.4 Å². The van der Waals surface area contributed by atoms with Crippen molar-refractivity contribution in [1.82, 2.24) is 4.90 Å². The average molecular weight is 411 g/mol. The lowest BCUT2D eigenvalue weighted by molar-refractivity contribution is -0.111. The zero-order valence-electron chi connectivity index (χ0n) is 16.1. The molecule has 0 radical (unpaired) electrons. The van der Waals surface area contributed by atoms with Gasteiger partial charge >= 0.3 is 0 Å². The summed E-state index contributed by atoms with van der Waals surface area (Å²) in [5.74, 6) is -0.0701. The second-order valence-electron chi connectivity index (χ2n) is 6.83. The summed E-state index contributed by atoms with van der Waals surface area (Å²) < 4.78 is 39.6. The van der Waals surface area contributed by atoms with E-state index in [2.05, 4.69) is 4.99 Å². The van der Waals surface area contributed by atoms with E-state index in [1.165, 1.54) is 12.1 Å². The molecule has 0 aliphatic carbocycles. The molecule has 0 saturated carbocycles. The number of alkyl halides is 2. The van der Waals surface area contributed by atoms with Gasteiger partial charge in [-0.1, -0.05) is 29.8 Å². The number of aliphatic imine (C=N–C) groups is 1. The number of hydrogen-bond acceptors (Lipinski definition) is 2. The molecule has 150 valence electrons. The summed E-state index contributed by atoms with van der Waals surface area (Å²) in [4.78, 5) is 18.7. The second kappa shape index (κ2) is 8.78. The van der Waals surface area contributed by atoms with Crippen molar-refractivity contribution in [3.63, 3.8) is 0 Å². The van der Waals surface area contributed by atoms with Crippen molar-refractivity contribution < 1.29 is 18.0 Å². The zero-order valence-corrected chi connectivity index (χ0v) is 16.9. The van der Waals surface area contributed by atoms with Gasteiger partial charge in [0.05, 0.1) is 5.84 Å². The van der Waals surface area contributed by atoms with Crippen molar-refractivity contribution in [3.8, 4) is 0 Å². The Bertz CT molecular complexity index is 879. The molecule has 0 amide bonds. The first-order valence-corrected chi connectivity index (χ1v) is 9.01. The molecule has 2 aromatic rings. The highest BCUT2D eigenvalue weighted by atomic mass is 35.5. The first-order chi connectivity index (χ1) is 13.1. The molecule has 0 N–H and O–H groups in total. The Morgan fingerprint density at radius 1 is 1.21 bits per heavy atom. The average Bonchev–Trinajstić information content (AvgIpc) is 2.60. The van der Waals surface area contributed by atoms with Gasteiger partial charge in [-0.25, -0.2) is 18.2 Å². The number of halogens is 4. The highest BCUT2D eigenvalue weighted by Crippen LogP contribution is 2.35. The molecule has 0 saturated heterocycles. The number of aryl methyl sites for hydroxylation is 1. The van der Waals surface area contributed by atoms with E-state index in [9.17, 15) is 18.0 Å². The summed E-state index contributed by atoms with van der Waals surface area (Å²) >= 11 is 6.02. The van der Waals surface area contributed by atoms with Gasteiger partial charge in [0.2, 0.25) is 6.43 Å². The molecule has 0 aromatic heterocycles. The Balaban J connectivity index is 2.76. The summed E-state index contributed by atoms with van der Waals surface area (Å²) in [6, 6.07) is 8.58. The maximum Gasteiger partial charge on any atom is 0.242 e. The Morgan fingerprint density at radius 2 is 1.89 bits per heavy atom. The first kappa shape index (κ1) is 22.0. The predicted octanol–water partition coefficient (Wildman–Crippen LogP) is 5.02. The normalized spacial score (nSPS) is 14.1. The van der Waals surface area contributed by atoms with Gasteiger partial charge in [-0.2, -0.15) is 0 Å². The highest BCUT2D eigenvalue weighted by Gasteiger charge is 2.35. The molecule has 0 fully saturated rings. The van der Waals surface area contributed by atoms with Crippen LogP contribution in [0.4, 0.5) is 13.2 Å². The Kier molecular flexibility index (Phi) is 6.88. The number of hydrogen-bond donors (Lipinski definition) is 0. The molecule has 0 aliphatic heterocycles. The van der Waals surface area contributed by atoms with Gasteiger partial charge in [-0.05, 0) is 54.3 Å². The van der Waals surface area contributed by atoms with E-state index >= 15 is 0 Å². The third kappa shape index (κ3) is 4.73. The lowest BCUT2D eigenvalue weighted by Gasteiger charge is -2.28. The number of carbonyl (C=O) groups is 1. The summed E-state index contributed by atoms with van der Waals surface area (Å²) in [6.07, 6.45) is -2.24. The molecule has 28 heavy (non-hydrogen) atoms. The van der Waals surface area contributed by atoms with Crippen molar-refractivity contribution in [2.45, 2.75) is 32.2 Å². The van der Waals surface area contributed by atoms with Crippen LogP contribution in [0.25, 0.3) is 0 Å². The van der Waals surface area contributed by atoms with E-state index in [4.69, 9.17) is 11.6 Å². The van der Waals surface area contributed by atoms with Crippen LogP contribution in [0.2, 0.25) is 5.02 Å². The summed E-state index contributed by atoms with van der Waals surface area (Å²) in [5, 5.41) is 0.130. The summed E-state index contributed by atoms with van der Waals surface area (Å²) in [7, 11) is 3.54. The van der Waals surface area contributed by atoms with Crippen LogP contribution in [-0.2, 0) is 16.8 Å². The molecule has 0 spiro atoms. The zero-order chi connectivity index (χ0) is 21.1. The van der Waals surface area contributed by atoms with Crippen molar-refractivity contribution >= 4 is 23.7 Å². The van der Waals surface area contributed by atoms with E-state index in [1.807, 2.05) is 0 Å². The summed E-state index contributed by atoms with van der Waals surface area (Å²) in [6.45, 7) is 3.41. The fourth-order valence-electron chi connectivity index (χ4n) is 2.92. The SMILES string of the molecule is CC(=NC(C=O)(c1cc(F)cc(Cl)c1)c1ccc(CC(F)F)c(C)c1)N(C)C. The molecule has 3 nitrogen and oxygen atoms in total. The third-order valence-corrected chi connectivity index (χ3v) is 4.83. The van der Waals surface area contributed by atoms with Gasteiger partial charge < -0.3 is 4.90 Å². The van der Waals surface area contributed by atoms with Crippen molar-refractivity contribution in [2.24, 2.45) is 4.99 Å². The minimum absolute atomic E-state index is 0.130. The molecular weight excluding hydrogens is 389 g/mol. The van der Waals surface area contributed by atoms with Gasteiger partial charge in [0.15, 0.2) is 11.8 Å². The fraction of sp³-hybridized carbons (Fsp3) is 0.333. The van der Waals surface area contributed by atoms with Crippen LogP contribution < -0.4 is 0 Å². The van der Waals surface area contributed by atoms with Gasteiger partial charge in [-0.3, -0.25) is 4.79 Å². The van der Waals surface area contributed by atoms with Crippen LogP contribution in [0.3, 0.4) is 0 Å². The molecule has 2 aromatic carbocycles. The van der Waals surface area contributed by atoms with Crippen LogP contribution in [0.5, 0.6) is 0 Å². The second-order valence-corrected chi connectivity index (χ2v) is 7.27. The first-order valence-electron chi connectivity index (χ1n) is 8.64. The largest absolute Gasteiger partial charge is 0.367 e. The molecule has 1 unspecified atom stereocenters. The molecule has 1 atom stereocenters. The van der Waals surface area contributed by atoms with Gasteiger partial charge in [0.1, 0.15) is 5.82 Å². The molecule has 0 aliphatic rings. The topological polar surface area (TPSA) is 32.7 Å². The van der Waals surface area contributed by atoms with Crippen molar-refractivity contribution in [3.05, 3.63) is 69.5 Å². The molecule has 2 rings (SSSR count). The Morgan fingerprint density at radius 3 is 2.39 bits per heavy atom. The van der Waals surface area contributed by atoms with Crippen molar-refractivity contribution in [1.29, 1.82) is 0 Å². The molecule has 0 bridgehead atoms. The van der Waals surface area contributed by atoms with Crippen LogP contribution in [0.1, 0.15) is 29.2 Å². The Hall–Kier alpha value is -2.34. The van der Waals surface area contributed by atoms with Gasteiger partial charge in [0.25, 0.3) is 0 Å². The number of rotatable bonds is 6. The number of benzene rings is 2. The standard InChI is InChI=1S/C21H22ClF3N2O/c1-13-7-16(6-5-15(13)8-20(24)25)21(12-28,26-14(2)27(3)4)17-9-18(22)11-19(23)10-17/h5-7,9-12,20H,8H2,1-4H3. The number of carbonyl (C=O) groups excluding carboxylic acids is 1. The lowest BCUT2D eigenvalue weighted by Crippen LogP contribution is -2.32. The highest BCUT2D eigenvalue weighted by molar-refractivity contribution is 6.30. The van der Waals surface area contributed by atoms with Gasteiger partial charge in [0, 0.05) is 25.5 Å². The van der Waals surface area contributed by atoms with Crippen LogP contribution >= 0.6 is 11.6 Å². The van der Waals surface area contributed by atoms with Crippen LogP contribution in [-0.4, -0.2) is 37.5 Å². The molecular formula is C21H22ClF3N2O. The van der Waals surface area contributed by atoms with Crippen LogP contribution in [0, 0.1) is 12.7 Å². The third-order valence-electron chi connectivity index (χ3n) is 4.62. The van der Waals surface area contributed by atoms with E-state index in [0.717, 1.165) is 6.07 Å². The number of amidine groups is 1.